The summed E-state index contributed by atoms with van der Waals surface area (Å²) in [4.78, 5) is 65.4. The van der Waals surface area contributed by atoms with E-state index in [1.807, 2.05) is 11.9 Å². The zero-order chi connectivity index (χ0) is 38.7. The summed E-state index contributed by atoms with van der Waals surface area (Å²) in [5, 5.41) is 2.93. The lowest BCUT2D eigenvalue weighted by Crippen LogP contribution is -2.48. The van der Waals surface area contributed by atoms with Crippen LogP contribution in [0.2, 0.25) is 0 Å². The normalized spacial score (nSPS) is 14.2. The molecule has 1 fully saturated rings. The van der Waals surface area contributed by atoms with Crippen LogP contribution in [-0.2, 0) is 23.9 Å². The molecule has 0 aromatic heterocycles. The number of carbonyl (C=O) groups excluding carboxylic acids is 3. The van der Waals surface area contributed by atoms with Gasteiger partial charge >= 0.3 is 11.9 Å². The number of nitrogens with two attached hydrogens (primary N) is 1. The minimum absolute atomic E-state index is 0.000931. The predicted molar refractivity (Wildman–Crippen MR) is 215 cm³/mol. The summed E-state index contributed by atoms with van der Waals surface area (Å²) in [6.07, 6.45) is 24.5. The van der Waals surface area contributed by atoms with Crippen LogP contribution in [0.25, 0.3) is 0 Å². The monoisotopic (exact) mass is 747 g/mol. The number of hydrogen-bond acceptors (Lipinski definition) is 10. The summed E-state index contributed by atoms with van der Waals surface area (Å²) in [5.74, 6) is -0.319. The number of unbranched alkanes of at least 4 members (excludes halogenated alkanes) is 16. The van der Waals surface area contributed by atoms with Crippen LogP contribution in [-0.4, -0.2) is 80.6 Å². The summed E-state index contributed by atoms with van der Waals surface area (Å²) < 4.78 is 11.6. The Bertz CT molecular complexity index is 1200. The van der Waals surface area contributed by atoms with E-state index < -0.39 is 16.3 Å². The van der Waals surface area contributed by atoms with Gasteiger partial charge in [0.1, 0.15) is 24.6 Å². The molecule has 1 aromatic rings. The van der Waals surface area contributed by atoms with Crippen LogP contribution < -0.4 is 21.9 Å². The topological polar surface area (TPSA) is 148 Å². The smallest absolute Gasteiger partial charge is 0.305 e. The van der Waals surface area contributed by atoms with E-state index in [4.69, 9.17) is 15.2 Å². The third-order valence-corrected chi connectivity index (χ3v) is 10.9. The van der Waals surface area contributed by atoms with Crippen molar-refractivity contribution in [2.45, 2.75) is 168 Å². The van der Waals surface area contributed by atoms with E-state index in [-0.39, 0.29) is 42.4 Å². The van der Waals surface area contributed by atoms with Gasteiger partial charge in [-0.1, -0.05) is 117 Å². The predicted octanol–water partition coefficient (Wildman–Crippen LogP) is 7.53. The van der Waals surface area contributed by atoms with E-state index in [1.54, 1.807) is 0 Å². The maximum absolute atomic E-state index is 13.2. The highest BCUT2D eigenvalue weighted by atomic mass is 16.5. The first-order valence-electron chi connectivity index (χ1n) is 21.2. The molecule has 0 spiro atoms. The Balaban J connectivity index is 1.75. The van der Waals surface area contributed by atoms with Gasteiger partial charge in [0.15, 0.2) is 0 Å². The number of nitrogens with one attached hydrogen (secondary N) is 1. The van der Waals surface area contributed by atoms with Crippen molar-refractivity contribution in [1.29, 1.82) is 0 Å². The van der Waals surface area contributed by atoms with Crippen molar-refractivity contribution in [3.8, 4) is 0 Å². The van der Waals surface area contributed by atoms with Crippen LogP contribution in [0.5, 0.6) is 0 Å². The van der Waals surface area contributed by atoms with Crippen LogP contribution in [0, 0.1) is 5.41 Å². The van der Waals surface area contributed by atoms with Gasteiger partial charge in [0.2, 0.25) is 5.91 Å². The minimum atomic E-state index is -0.631. The number of hydrogen-bond donors (Lipinski definition) is 2. The number of nitrogen functional groups attached to an aromatic ring is 1. The fourth-order valence-corrected chi connectivity index (χ4v) is 7.04. The molecule has 0 bridgehead atoms. The second kappa shape index (κ2) is 27.6. The van der Waals surface area contributed by atoms with Gasteiger partial charge in [-0.15, -0.1) is 0 Å². The van der Waals surface area contributed by atoms with E-state index in [0.29, 0.717) is 64.8 Å². The summed E-state index contributed by atoms with van der Waals surface area (Å²) >= 11 is 0. The zero-order valence-corrected chi connectivity index (χ0v) is 33.7. The molecule has 0 unspecified atom stereocenters. The molecule has 3 N–H and O–H groups in total. The molecule has 1 aromatic carbocycles. The zero-order valence-electron chi connectivity index (χ0n) is 33.7. The van der Waals surface area contributed by atoms with Gasteiger partial charge in [-0.2, -0.15) is 0 Å². The first-order chi connectivity index (χ1) is 25.6. The van der Waals surface area contributed by atoms with E-state index >= 15 is 0 Å². The van der Waals surface area contributed by atoms with Gasteiger partial charge in [-0.05, 0) is 45.7 Å². The standard InChI is InChI=1S/C42H74N4O7/c1-4-6-8-10-12-14-16-18-20-23-36(48)52-33-42(34-53-37(49)24-21-19-17-15-13-11-9-7-5-2)26-31-46(32-27-42)35(47)25-30-45(3)29-22-28-44-39-38(43)40(50)41(39)51/h44H,4-34,43H2,1-3H3. The number of ether oxygens (including phenoxy) is 2. The Labute approximate surface area is 320 Å². The van der Waals surface area contributed by atoms with Crippen LogP contribution in [0.15, 0.2) is 9.59 Å². The molecule has 0 saturated carbocycles. The third kappa shape index (κ3) is 19.3. The van der Waals surface area contributed by atoms with Gasteiger partial charge < -0.3 is 30.3 Å². The van der Waals surface area contributed by atoms with Gasteiger partial charge in [-0.3, -0.25) is 24.0 Å². The van der Waals surface area contributed by atoms with Crippen molar-refractivity contribution in [2.24, 2.45) is 5.41 Å². The average molecular weight is 747 g/mol. The summed E-state index contributed by atoms with van der Waals surface area (Å²) in [5.41, 5.74) is 4.08. The molecule has 304 valence electrons. The molecule has 0 aliphatic carbocycles. The molecule has 1 aliphatic rings. The van der Waals surface area contributed by atoms with Crippen LogP contribution in [0.1, 0.15) is 168 Å². The van der Waals surface area contributed by atoms with E-state index in [0.717, 1.165) is 44.9 Å². The molecular weight excluding hydrogens is 672 g/mol. The first-order valence-corrected chi connectivity index (χ1v) is 21.2. The van der Waals surface area contributed by atoms with Crippen molar-refractivity contribution < 1.29 is 23.9 Å². The highest BCUT2D eigenvalue weighted by Gasteiger charge is 2.38. The molecule has 11 heteroatoms. The number of amides is 1. The number of piperidine rings is 1. The fraction of sp³-hybridized carbons (Fsp3) is 0.833. The molecule has 1 saturated heterocycles. The van der Waals surface area contributed by atoms with Crippen molar-refractivity contribution in [1.82, 2.24) is 9.80 Å². The molecule has 1 heterocycles. The second-order valence-electron chi connectivity index (χ2n) is 15.6. The molecule has 53 heavy (non-hydrogen) atoms. The molecular formula is C42H74N4O7. The summed E-state index contributed by atoms with van der Waals surface area (Å²) in [7, 11) is 1.95. The summed E-state index contributed by atoms with van der Waals surface area (Å²) in [6, 6.07) is 0. The first kappa shape index (κ1) is 46.2. The number of rotatable bonds is 32. The molecule has 1 aliphatic heterocycles. The Morgan fingerprint density at radius 3 is 1.57 bits per heavy atom. The van der Waals surface area contributed by atoms with Crippen LogP contribution in [0.4, 0.5) is 11.4 Å². The largest absolute Gasteiger partial charge is 0.465 e. The number of carbonyl (C=O) groups is 3. The van der Waals surface area contributed by atoms with Gasteiger partial charge in [0, 0.05) is 50.9 Å². The van der Waals surface area contributed by atoms with E-state index in [1.165, 1.54) is 77.0 Å². The lowest BCUT2D eigenvalue weighted by atomic mass is 9.79. The summed E-state index contributed by atoms with van der Waals surface area (Å²) in [6.45, 7) is 7.74. The number of nitrogens with zero attached hydrogens (tertiary/aromatic N) is 2. The highest BCUT2D eigenvalue weighted by molar-refractivity contribution is 5.76. The lowest BCUT2D eigenvalue weighted by molar-refractivity contribution is -0.158. The van der Waals surface area contributed by atoms with E-state index in [9.17, 15) is 24.0 Å². The quantitative estimate of drug-likeness (QED) is 0.0431. The molecule has 11 nitrogen and oxygen atoms in total. The van der Waals surface area contributed by atoms with Gasteiger partial charge in [0.05, 0.1) is 0 Å². The highest BCUT2D eigenvalue weighted by Crippen LogP contribution is 2.33. The maximum Gasteiger partial charge on any atom is 0.305 e. The number of anilines is 2. The van der Waals surface area contributed by atoms with Crippen molar-refractivity contribution in [2.75, 3.05) is 64.0 Å². The van der Waals surface area contributed by atoms with Crippen molar-refractivity contribution in [3.05, 3.63) is 20.4 Å². The Hall–Kier alpha value is -2.95. The lowest BCUT2D eigenvalue weighted by Gasteiger charge is -2.41. The van der Waals surface area contributed by atoms with Crippen LogP contribution in [0.3, 0.4) is 0 Å². The Morgan fingerprint density at radius 2 is 1.11 bits per heavy atom. The van der Waals surface area contributed by atoms with Gasteiger partial charge in [0.25, 0.3) is 10.9 Å². The van der Waals surface area contributed by atoms with Gasteiger partial charge in [-0.25, -0.2) is 0 Å². The minimum Gasteiger partial charge on any atom is -0.465 e. The van der Waals surface area contributed by atoms with E-state index in [2.05, 4.69) is 24.1 Å². The number of likely N-dealkylation sites (tertiary alicyclic amines) is 1. The SMILES string of the molecule is CCCCCCCCCCCC(=O)OCC1(COC(=O)CCCCCCCCCCC)CCN(C(=O)CCN(C)CCCNc2c(N)c(=O)c2=O)CC1. The molecule has 0 radical (unpaired) electrons. The molecule has 2 rings (SSSR count). The second-order valence-corrected chi connectivity index (χ2v) is 15.6. The van der Waals surface area contributed by atoms with Crippen molar-refractivity contribution in [3.63, 3.8) is 0 Å². The fourth-order valence-electron chi connectivity index (χ4n) is 7.04. The molecule has 0 atom stereocenters. The molecule has 1 amide bonds. The maximum atomic E-state index is 13.2. The third-order valence-electron chi connectivity index (χ3n) is 10.9. The number of esters is 2. The Kier molecular flexibility index (Phi) is 24.1. The van der Waals surface area contributed by atoms with Crippen LogP contribution >= 0.6 is 0 Å². The average Bonchev–Trinajstić information content (AvgIpc) is 3.17. The van der Waals surface area contributed by atoms with Crippen molar-refractivity contribution >= 4 is 29.2 Å². The Morgan fingerprint density at radius 1 is 0.660 bits per heavy atom.